The lowest BCUT2D eigenvalue weighted by molar-refractivity contribution is 0.152. The Bertz CT molecular complexity index is 463. The quantitative estimate of drug-likeness (QED) is 0.310. The summed E-state index contributed by atoms with van der Waals surface area (Å²) in [6.45, 7) is 0.846. The van der Waals surface area contributed by atoms with Crippen molar-refractivity contribution in [1.29, 1.82) is 0 Å². The third-order valence-corrected chi connectivity index (χ3v) is 4.15. The Morgan fingerprint density at radius 1 is 1.29 bits per heavy atom. The smallest absolute Gasteiger partial charge is 0.129 e. The van der Waals surface area contributed by atoms with Gasteiger partial charge in [0.2, 0.25) is 0 Å². The molecule has 1 aromatic carbocycles. The summed E-state index contributed by atoms with van der Waals surface area (Å²) in [5.74, 6) is 0.688. The molecule has 0 aliphatic carbocycles. The zero-order valence-corrected chi connectivity index (χ0v) is 14.0. The minimum Gasteiger partial charge on any atom is -0.394 e. The summed E-state index contributed by atoms with van der Waals surface area (Å²) in [6.07, 6.45) is 5.58. The van der Waals surface area contributed by atoms with Crippen molar-refractivity contribution in [2.75, 3.05) is 25.3 Å². The summed E-state index contributed by atoms with van der Waals surface area (Å²) >= 11 is 5.69. The first kappa shape index (κ1) is 18.1. The van der Waals surface area contributed by atoms with Gasteiger partial charge in [-0.05, 0) is 37.0 Å². The number of rotatable bonds is 10. The van der Waals surface area contributed by atoms with Crippen molar-refractivity contribution >= 4 is 28.1 Å². The maximum Gasteiger partial charge on any atom is 0.129 e. The summed E-state index contributed by atoms with van der Waals surface area (Å²) in [7, 11) is -0.968. The van der Waals surface area contributed by atoms with Crippen LogP contribution in [-0.4, -0.2) is 35.2 Å². The van der Waals surface area contributed by atoms with Crippen molar-refractivity contribution in [1.82, 2.24) is 0 Å². The van der Waals surface area contributed by atoms with Crippen molar-refractivity contribution in [2.45, 2.75) is 30.6 Å². The van der Waals surface area contributed by atoms with E-state index in [2.05, 4.69) is 5.16 Å². The molecule has 0 aromatic heterocycles. The van der Waals surface area contributed by atoms with E-state index in [0.717, 1.165) is 41.9 Å². The first-order chi connectivity index (χ1) is 10.2. The molecule has 0 saturated heterocycles. The minimum absolute atomic E-state index is 0.405. The lowest BCUT2D eigenvalue weighted by atomic mass is 10.0. The van der Waals surface area contributed by atoms with Gasteiger partial charge in [0.1, 0.15) is 6.61 Å². The average molecular weight is 331 g/mol. The molecule has 0 spiro atoms. The highest BCUT2D eigenvalue weighted by atomic mass is 35.5. The van der Waals surface area contributed by atoms with E-state index in [1.807, 2.05) is 24.3 Å². The Balaban J connectivity index is 2.74. The molecule has 1 atom stereocenters. The maximum absolute atomic E-state index is 11.4. The lowest BCUT2D eigenvalue weighted by Gasteiger charge is -2.07. The largest absolute Gasteiger partial charge is 0.394 e. The van der Waals surface area contributed by atoms with Crippen molar-refractivity contribution in [3.8, 4) is 0 Å². The fourth-order valence-corrected chi connectivity index (χ4v) is 2.53. The van der Waals surface area contributed by atoms with Gasteiger partial charge in [-0.15, -0.1) is 11.6 Å². The van der Waals surface area contributed by atoms with Crippen LogP contribution >= 0.6 is 11.6 Å². The molecular weight excluding hydrogens is 308 g/mol. The molecule has 118 valence electrons. The number of nitrogens with zero attached hydrogens (tertiary/aromatic N) is 1. The average Bonchev–Trinajstić information content (AvgIpc) is 2.50. The van der Waals surface area contributed by atoms with Gasteiger partial charge in [0.15, 0.2) is 0 Å². The molecular formula is C15H23ClN2O2S. The highest BCUT2D eigenvalue weighted by Crippen LogP contribution is 2.13. The number of nitrogens with two attached hydrogens (primary N) is 1. The number of hydrogen-bond donors (Lipinski definition) is 1. The van der Waals surface area contributed by atoms with E-state index in [4.69, 9.17) is 22.2 Å². The molecule has 0 aliphatic rings. The Morgan fingerprint density at radius 3 is 2.57 bits per heavy atom. The molecule has 0 bridgehead atoms. The molecule has 1 unspecified atom stereocenters. The van der Waals surface area contributed by atoms with E-state index >= 15 is 0 Å². The Kier molecular flexibility index (Phi) is 9.30. The summed E-state index contributed by atoms with van der Waals surface area (Å²) < 4.78 is 11.4. The van der Waals surface area contributed by atoms with Crippen LogP contribution in [0.2, 0.25) is 0 Å². The summed E-state index contributed by atoms with van der Waals surface area (Å²) in [4.78, 5) is 6.02. The predicted octanol–water partition coefficient (Wildman–Crippen LogP) is 2.90. The van der Waals surface area contributed by atoms with Crippen LogP contribution in [0.3, 0.4) is 0 Å². The van der Waals surface area contributed by atoms with Crippen LogP contribution in [0.25, 0.3) is 0 Å². The summed E-state index contributed by atoms with van der Waals surface area (Å²) in [5.41, 5.74) is 7.29. The van der Waals surface area contributed by atoms with Gasteiger partial charge in [0, 0.05) is 34.4 Å². The van der Waals surface area contributed by atoms with Crippen LogP contribution in [-0.2, 0) is 15.6 Å². The van der Waals surface area contributed by atoms with Crippen LogP contribution < -0.4 is 5.73 Å². The Morgan fingerprint density at radius 2 is 2.00 bits per heavy atom. The van der Waals surface area contributed by atoms with Crippen LogP contribution in [0.5, 0.6) is 0 Å². The first-order valence-electron chi connectivity index (χ1n) is 7.07. The van der Waals surface area contributed by atoms with E-state index in [1.54, 1.807) is 6.26 Å². The van der Waals surface area contributed by atoms with Crippen molar-refractivity contribution < 1.29 is 9.05 Å². The number of oxime groups is 1. The van der Waals surface area contributed by atoms with Gasteiger partial charge >= 0.3 is 0 Å². The van der Waals surface area contributed by atoms with Crippen LogP contribution in [0.15, 0.2) is 34.3 Å². The number of unbranched alkanes of at least 4 members (excludes halogenated alkanes) is 2. The van der Waals surface area contributed by atoms with Crippen LogP contribution in [0, 0.1) is 0 Å². The van der Waals surface area contributed by atoms with Gasteiger partial charge in [-0.25, -0.2) is 0 Å². The monoisotopic (exact) mass is 330 g/mol. The highest BCUT2D eigenvalue weighted by Gasteiger charge is 2.06. The maximum atomic E-state index is 11.4. The van der Waals surface area contributed by atoms with Crippen LogP contribution in [0.4, 0.5) is 0 Å². The Labute approximate surface area is 134 Å². The molecule has 0 amide bonds. The standard InChI is InChI=1S/C15H23ClN2O2S/c1-21(19)14-8-6-13(7-9-14)15(18-20-12-11-17)5-3-2-4-10-16/h6-9H,2-5,10-12,17H2,1H3. The molecule has 21 heavy (non-hydrogen) atoms. The molecule has 0 fully saturated rings. The molecule has 2 N–H and O–H groups in total. The van der Waals surface area contributed by atoms with Crippen molar-refractivity contribution in [3.63, 3.8) is 0 Å². The second-order valence-electron chi connectivity index (χ2n) is 4.64. The van der Waals surface area contributed by atoms with E-state index < -0.39 is 10.8 Å². The van der Waals surface area contributed by atoms with Gasteiger partial charge in [-0.1, -0.05) is 23.7 Å². The number of hydrogen-bond acceptors (Lipinski definition) is 4. The second-order valence-corrected chi connectivity index (χ2v) is 6.40. The summed E-state index contributed by atoms with van der Waals surface area (Å²) in [5, 5.41) is 4.18. The lowest BCUT2D eigenvalue weighted by Crippen LogP contribution is -2.08. The van der Waals surface area contributed by atoms with Gasteiger partial charge in [-0.3, -0.25) is 4.21 Å². The molecule has 4 nitrogen and oxygen atoms in total. The zero-order valence-electron chi connectivity index (χ0n) is 12.4. The SMILES string of the molecule is CS(=O)c1ccc(C(CCCCCCl)=NOCCN)cc1. The molecule has 0 aliphatic heterocycles. The molecule has 0 saturated carbocycles. The van der Waals surface area contributed by atoms with E-state index in [9.17, 15) is 4.21 Å². The topological polar surface area (TPSA) is 64.7 Å². The second kappa shape index (κ2) is 10.8. The molecule has 0 heterocycles. The normalized spacial score (nSPS) is 13.2. The van der Waals surface area contributed by atoms with Crippen molar-refractivity contribution in [2.24, 2.45) is 10.9 Å². The third-order valence-electron chi connectivity index (χ3n) is 2.95. The zero-order chi connectivity index (χ0) is 15.5. The molecule has 1 rings (SSSR count). The van der Waals surface area contributed by atoms with E-state index in [1.165, 1.54) is 0 Å². The van der Waals surface area contributed by atoms with Gasteiger partial charge < -0.3 is 10.6 Å². The summed E-state index contributed by atoms with van der Waals surface area (Å²) in [6, 6.07) is 7.59. The number of alkyl halides is 1. The predicted molar refractivity (Wildman–Crippen MR) is 89.5 cm³/mol. The molecule has 1 aromatic rings. The fraction of sp³-hybridized carbons (Fsp3) is 0.533. The third kappa shape index (κ3) is 7.07. The van der Waals surface area contributed by atoms with Gasteiger partial charge in [0.25, 0.3) is 0 Å². The van der Waals surface area contributed by atoms with E-state index in [0.29, 0.717) is 19.0 Å². The van der Waals surface area contributed by atoms with Gasteiger partial charge in [0.05, 0.1) is 5.71 Å². The molecule has 6 heteroatoms. The fourth-order valence-electron chi connectivity index (χ4n) is 1.82. The first-order valence-corrected chi connectivity index (χ1v) is 9.17. The minimum atomic E-state index is -0.968. The highest BCUT2D eigenvalue weighted by molar-refractivity contribution is 7.84. The van der Waals surface area contributed by atoms with Crippen molar-refractivity contribution in [3.05, 3.63) is 29.8 Å². The van der Waals surface area contributed by atoms with Crippen LogP contribution in [0.1, 0.15) is 31.2 Å². The molecule has 0 radical (unpaired) electrons. The number of halogens is 1. The van der Waals surface area contributed by atoms with Gasteiger partial charge in [-0.2, -0.15) is 0 Å². The Hall–Kier alpha value is -0.910. The van der Waals surface area contributed by atoms with E-state index in [-0.39, 0.29) is 0 Å². The number of benzene rings is 1.